The van der Waals surface area contributed by atoms with Gasteiger partial charge in [0.05, 0.1) is 19.4 Å². The minimum atomic E-state index is -0.0934. The maximum absolute atomic E-state index is 5.34. The molecule has 0 aliphatic carbocycles. The van der Waals surface area contributed by atoms with Crippen LogP contribution in [0.15, 0.2) is 12.4 Å². The van der Waals surface area contributed by atoms with Gasteiger partial charge in [0.1, 0.15) is 0 Å². The van der Waals surface area contributed by atoms with Crippen molar-refractivity contribution in [1.29, 1.82) is 0 Å². The van der Waals surface area contributed by atoms with E-state index in [1.165, 1.54) is 5.56 Å². The first kappa shape index (κ1) is 10.6. The lowest BCUT2D eigenvalue weighted by Crippen LogP contribution is -2.29. The highest BCUT2D eigenvalue weighted by atomic mass is 16.7. The van der Waals surface area contributed by atoms with Gasteiger partial charge >= 0.3 is 0 Å². The smallest absolute Gasteiger partial charge is 0.170 e. The molecule has 15 heavy (non-hydrogen) atoms. The molecule has 1 aliphatic rings. The first-order valence-corrected chi connectivity index (χ1v) is 5.21. The van der Waals surface area contributed by atoms with Crippen LogP contribution < -0.4 is 5.32 Å². The van der Waals surface area contributed by atoms with E-state index in [1.54, 1.807) is 4.68 Å². The molecule has 2 heterocycles. The Bertz CT molecular complexity index is 307. The fourth-order valence-corrected chi connectivity index (χ4v) is 1.58. The van der Waals surface area contributed by atoms with E-state index < -0.39 is 0 Å². The molecule has 2 rings (SSSR count). The summed E-state index contributed by atoms with van der Waals surface area (Å²) in [4.78, 5) is 0. The Labute approximate surface area is 89.4 Å². The summed E-state index contributed by atoms with van der Waals surface area (Å²) in [5, 5.41) is 7.48. The molecule has 5 heteroatoms. The van der Waals surface area contributed by atoms with Crippen LogP contribution in [-0.4, -0.2) is 35.8 Å². The van der Waals surface area contributed by atoms with Gasteiger partial charge in [-0.2, -0.15) is 5.10 Å². The van der Waals surface area contributed by atoms with Gasteiger partial charge in [0, 0.05) is 31.4 Å². The van der Waals surface area contributed by atoms with Gasteiger partial charge in [-0.3, -0.25) is 4.68 Å². The van der Waals surface area contributed by atoms with Crippen LogP contribution >= 0.6 is 0 Å². The first-order valence-electron chi connectivity index (χ1n) is 5.21. The van der Waals surface area contributed by atoms with Crippen molar-refractivity contribution in [3.63, 3.8) is 0 Å². The van der Waals surface area contributed by atoms with Crippen molar-refractivity contribution in [2.24, 2.45) is 7.05 Å². The molecule has 0 aromatic carbocycles. The Morgan fingerprint density at radius 2 is 2.33 bits per heavy atom. The molecule has 0 unspecified atom stereocenters. The first-order chi connectivity index (χ1) is 7.25. The van der Waals surface area contributed by atoms with Gasteiger partial charge in [0.2, 0.25) is 0 Å². The van der Waals surface area contributed by atoms with Gasteiger partial charge in [-0.25, -0.2) is 0 Å². The Kier molecular flexibility index (Phi) is 3.35. The molecular formula is C10H17N3O2. The number of hydrogen-bond donors (Lipinski definition) is 1. The SMILES string of the molecule is C[C@@H](NCC1OCCO1)c1cnn(C)c1. The lowest BCUT2D eigenvalue weighted by molar-refractivity contribution is -0.0403. The van der Waals surface area contributed by atoms with Crippen LogP contribution in [0.25, 0.3) is 0 Å². The second kappa shape index (κ2) is 4.74. The predicted octanol–water partition coefficient (Wildman–Crippen LogP) is 0.444. The molecule has 1 N–H and O–H groups in total. The number of nitrogens with one attached hydrogen (secondary N) is 1. The highest BCUT2D eigenvalue weighted by Gasteiger charge is 2.17. The highest BCUT2D eigenvalue weighted by molar-refractivity contribution is 5.08. The summed E-state index contributed by atoms with van der Waals surface area (Å²) in [6.07, 6.45) is 3.78. The molecule has 1 fully saturated rings. The van der Waals surface area contributed by atoms with Crippen LogP contribution in [0.4, 0.5) is 0 Å². The van der Waals surface area contributed by atoms with Gasteiger partial charge in [-0.05, 0) is 6.92 Å². The lowest BCUT2D eigenvalue weighted by Gasteiger charge is -2.15. The number of hydrogen-bond acceptors (Lipinski definition) is 4. The van der Waals surface area contributed by atoms with Gasteiger partial charge in [0.25, 0.3) is 0 Å². The van der Waals surface area contributed by atoms with E-state index in [9.17, 15) is 0 Å². The molecular weight excluding hydrogens is 194 g/mol. The summed E-state index contributed by atoms with van der Waals surface area (Å²) in [7, 11) is 1.92. The molecule has 84 valence electrons. The van der Waals surface area contributed by atoms with Crippen LogP contribution in [0.1, 0.15) is 18.5 Å². The number of rotatable bonds is 4. The zero-order chi connectivity index (χ0) is 10.7. The second-order valence-electron chi connectivity index (χ2n) is 3.75. The quantitative estimate of drug-likeness (QED) is 0.785. The third-order valence-electron chi connectivity index (χ3n) is 2.51. The van der Waals surface area contributed by atoms with Gasteiger partial charge in [0.15, 0.2) is 6.29 Å². The molecule has 5 nitrogen and oxygen atoms in total. The summed E-state index contributed by atoms with van der Waals surface area (Å²) in [6, 6.07) is 0.270. The Balaban J connectivity index is 1.79. The molecule has 0 saturated carbocycles. The van der Waals surface area contributed by atoms with Gasteiger partial charge < -0.3 is 14.8 Å². The monoisotopic (exact) mass is 211 g/mol. The Hall–Kier alpha value is -0.910. The van der Waals surface area contributed by atoms with Crippen molar-refractivity contribution in [1.82, 2.24) is 15.1 Å². The minimum absolute atomic E-state index is 0.0934. The van der Waals surface area contributed by atoms with Crippen LogP contribution in [0, 0.1) is 0 Å². The summed E-state index contributed by atoms with van der Waals surface area (Å²) in [5.41, 5.74) is 1.18. The van der Waals surface area contributed by atoms with Crippen LogP contribution in [0.3, 0.4) is 0 Å². The largest absolute Gasteiger partial charge is 0.349 e. The zero-order valence-electron chi connectivity index (χ0n) is 9.14. The molecule has 0 bridgehead atoms. The topological polar surface area (TPSA) is 48.3 Å². The summed E-state index contributed by atoms with van der Waals surface area (Å²) in [6.45, 7) is 4.23. The van der Waals surface area contributed by atoms with E-state index in [-0.39, 0.29) is 12.3 Å². The highest BCUT2D eigenvalue weighted by Crippen LogP contribution is 2.11. The van der Waals surface area contributed by atoms with Crippen molar-refractivity contribution in [3.8, 4) is 0 Å². The number of aromatic nitrogens is 2. The van der Waals surface area contributed by atoms with Gasteiger partial charge in [-0.15, -0.1) is 0 Å². The number of ether oxygens (including phenoxy) is 2. The van der Waals surface area contributed by atoms with E-state index in [4.69, 9.17) is 9.47 Å². The normalized spacial score (nSPS) is 19.6. The third kappa shape index (κ3) is 2.77. The third-order valence-corrected chi connectivity index (χ3v) is 2.51. The lowest BCUT2D eigenvalue weighted by atomic mass is 10.2. The fourth-order valence-electron chi connectivity index (χ4n) is 1.58. The Morgan fingerprint density at radius 1 is 1.60 bits per heavy atom. The van der Waals surface area contributed by atoms with E-state index in [1.807, 2.05) is 19.4 Å². The predicted molar refractivity (Wildman–Crippen MR) is 55.3 cm³/mol. The van der Waals surface area contributed by atoms with Crippen molar-refractivity contribution in [2.45, 2.75) is 19.3 Å². The molecule has 0 radical (unpaired) electrons. The summed E-state index contributed by atoms with van der Waals surface area (Å²) in [5.74, 6) is 0. The average molecular weight is 211 g/mol. The van der Waals surface area contributed by atoms with Crippen molar-refractivity contribution in [3.05, 3.63) is 18.0 Å². The van der Waals surface area contributed by atoms with Crippen molar-refractivity contribution < 1.29 is 9.47 Å². The molecule has 1 aromatic heterocycles. The molecule has 1 aliphatic heterocycles. The maximum atomic E-state index is 5.34. The molecule has 1 aromatic rings. The Morgan fingerprint density at radius 3 is 2.93 bits per heavy atom. The van der Waals surface area contributed by atoms with Crippen molar-refractivity contribution in [2.75, 3.05) is 19.8 Å². The summed E-state index contributed by atoms with van der Waals surface area (Å²) < 4.78 is 12.5. The van der Waals surface area contributed by atoms with E-state index >= 15 is 0 Å². The molecule has 0 amide bonds. The molecule has 1 atom stereocenters. The molecule has 1 saturated heterocycles. The summed E-state index contributed by atoms with van der Waals surface area (Å²) >= 11 is 0. The van der Waals surface area contributed by atoms with Crippen molar-refractivity contribution >= 4 is 0 Å². The van der Waals surface area contributed by atoms with Gasteiger partial charge in [-0.1, -0.05) is 0 Å². The van der Waals surface area contributed by atoms with E-state index in [0.29, 0.717) is 13.2 Å². The fraction of sp³-hybridized carbons (Fsp3) is 0.700. The molecule has 0 spiro atoms. The number of aryl methyl sites for hydroxylation is 1. The second-order valence-corrected chi connectivity index (χ2v) is 3.75. The van der Waals surface area contributed by atoms with Crippen LogP contribution in [0.2, 0.25) is 0 Å². The zero-order valence-corrected chi connectivity index (χ0v) is 9.14. The standard InChI is InChI=1S/C10H17N3O2/c1-8(9-5-12-13(2)7-9)11-6-10-14-3-4-15-10/h5,7-8,10-11H,3-4,6H2,1-2H3/t8-/m1/s1. The van der Waals surface area contributed by atoms with E-state index in [2.05, 4.69) is 17.3 Å². The van der Waals surface area contributed by atoms with E-state index in [0.717, 1.165) is 6.54 Å². The van der Waals surface area contributed by atoms with Crippen LogP contribution in [-0.2, 0) is 16.5 Å². The average Bonchev–Trinajstić information content (AvgIpc) is 2.84. The van der Waals surface area contributed by atoms with Crippen LogP contribution in [0.5, 0.6) is 0 Å². The minimum Gasteiger partial charge on any atom is -0.349 e. The number of nitrogens with zero attached hydrogens (tertiary/aromatic N) is 2. The maximum Gasteiger partial charge on any atom is 0.170 e.